The molecule has 35 heavy (non-hydrogen) atoms. The molecule has 9 heteroatoms. The standard InChI is InChI=1S/C26H33N3O6/c1-29(2)13-12-23(25(31)32)28-24(30)14-17(34-3)15-27-26(33)35-16-22-20-10-6-4-8-18(20)19-9-5-7-11-21(19)22/h4-11,17,22-23H,12-16H2,1-3H3,(H,27,33)(H,28,30)(H,31,32). The van der Waals surface area contributed by atoms with E-state index in [0.29, 0.717) is 6.54 Å². The Balaban J connectivity index is 1.48. The van der Waals surface area contributed by atoms with Crippen molar-refractivity contribution in [1.29, 1.82) is 0 Å². The van der Waals surface area contributed by atoms with Crippen molar-refractivity contribution in [1.82, 2.24) is 15.5 Å². The summed E-state index contributed by atoms with van der Waals surface area (Å²) in [7, 11) is 5.09. The number of ether oxygens (including phenoxy) is 2. The largest absolute Gasteiger partial charge is 0.480 e. The van der Waals surface area contributed by atoms with Gasteiger partial charge in [0.25, 0.3) is 0 Å². The van der Waals surface area contributed by atoms with Gasteiger partial charge in [-0.25, -0.2) is 9.59 Å². The molecule has 2 amide bonds. The van der Waals surface area contributed by atoms with E-state index in [2.05, 4.69) is 22.8 Å². The fourth-order valence-electron chi connectivity index (χ4n) is 4.19. The van der Waals surface area contributed by atoms with Gasteiger partial charge in [0.1, 0.15) is 12.6 Å². The van der Waals surface area contributed by atoms with Gasteiger partial charge in [0.05, 0.1) is 12.5 Å². The molecule has 0 fully saturated rings. The number of hydrogen-bond donors (Lipinski definition) is 3. The van der Waals surface area contributed by atoms with Gasteiger partial charge in [-0.15, -0.1) is 0 Å². The summed E-state index contributed by atoms with van der Waals surface area (Å²) in [5.74, 6) is -1.60. The Hall–Kier alpha value is -3.43. The third kappa shape index (κ3) is 7.03. The normalized spacial score (nSPS) is 14.1. The summed E-state index contributed by atoms with van der Waals surface area (Å²) in [6.07, 6.45) is -1.04. The lowest BCUT2D eigenvalue weighted by molar-refractivity contribution is -0.142. The molecule has 0 bridgehead atoms. The fourth-order valence-corrected chi connectivity index (χ4v) is 4.19. The maximum absolute atomic E-state index is 12.4. The lowest BCUT2D eigenvalue weighted by Crippen LogP contribution is -2.44. The van der Waals surface area contributed by atoms with Crippen LogP contribution in [0.25, 0.3) is 11.1 Å². The van der Waals surface area contributed by atoms with Crippen molar-refractivity contribution in [2.45, 2.75) is 30.9 Å². The Kier molecular flexibility index (Phi) is 9.22. The number of rotatable bonds is 12. The van der Waals surface area contributed by atoms with E-state index in [-0.39, 0.29) is 31.9 Å². The van der Waals surface area contributed by atoms with Crippen LogP contribution < -0.4 is 10.6 Å². The maximum Gasteiger partial charge on any atom is 0.407 e. The molecule has 3 rings (SSSR count). The van der Waals surface area contributed by atoms with Gasteiger partial charge in [0.2, 0.25) is 5.91 Å². The Labute approximate surface area is 205 Å². The highest BCUT2D eigenvalue weighted by Gasteiger charge is 2.29. The Bertz CT molecular complexity index is 996. The maximum atomic E-state index is 12.4. The number of carboxylic acids is 1. The van der Waals surface area contributed by atoms with Gasteiger partial charge in [-0.3, -0.25) is 4.79 Å². The van der Waals surface area contributed by atoms with Crippen molar-refractivity contribution in [3.05, 3.63) is 59.7 Å². The number of hydrogen-bond acceptors (Lipinski definition) is 6. The van der Waals surface area contributed by atoms with Crippen LogP contribution in [0, 0.1) is 0 Å². The van der Waals surface area contributed by atoms with Crippen LogP contribution in [-0.2, 0) is 19.1 Å². The van der Waals surface area contributed by atoms with E-state index in [9.17, 15) is 19.5 Å². The van der Waals surface area contributed by atoms with Crippen LogP contribution in [0.2, 0.25) is 0 Å². The Morgan fingerprint density at radius 1 is 1.03 bits per heavy atom. The number of aliphatic carboxylic acids is 1. The van der Waals surface area contributed by atoms with Gasteiger partial charge in [0, 0.05) is 26.1 Å². The molecule has 188 valence electrons. The van der Waals surface area contributed by atoms with Crippen molar-refractivity contribution in [3.63, 3.8) is 0 Å². The first-order valence-electron chi connectivity index (χ1n) is 11.6. The molecule has 0 heterocycles. The summed E-state index contributed by atoms with van der Waals surface area (Å²) in [6.45, 7) is 0.758. The summed E-state index contributed by atoms with van der Waals surface area (Å²) >= 11 is 0. The molecule has 2 unspecified atom stereocenters. The molecule has 0 saturated heterocycles. The van der Waals surface area contributed by atoms with E-state index in [4.69, 9.17) is 9.47 Å². The summed E-state index contributed by atoms with van der Waals surface area (Å²) in [4.78, 5) is 38.0. The fraction of sp³-hybridized carbons (Fsp3) is 0.423. The molecule has 0 aliphatic heterocycles. The topological polar surface area (TPSA) is 117 Å². The zero-order chi connectivity index (χ0) is 25.4. The number of carbonyl (C=O) groups is 3. The van der Waals surface area contributed by atoms with Crippen LogP contribution in [0.15, 0.2) is 48.5 Å². The minimum Gasteiger partial charge on any atom is -0.480 e. The van der Waals surface area contributed by atoms with Crippen LogP contribution >= 0.6 is 0 Å². The zero-order valence-corrected chi connectivity index (χ0v) is 20.3. The molecule has 2 atom stereocenters. The number of methoxy groups -OCH3 is 1. The second kappa shape index (κ2) is 12.3. The molecule has 0 saturated carbocycles. The lowest BCUT2D eigenvalue weighted by Gasteiger charge is -2.20. The lowest BCUT2D eigenvalue weighted by atomic mass is 9.98. The predicted molar refractivity (Wildman–Crippen MR) is 131 cm³/mol. The van der Waals surface area contributed by atoms with Crippen molar-refractivity contribution >= 4 is 18.0 Å². The monoisotopic (exact) mass is 483 g/mol. The van der Waals surface area contributed by atoms with Crippen LogP contribution in [0.3, 0.4) is 0 Å². The van der Waals surface area contributed by atoms with Gasteiger partial charge < -0.3 is 30.1 Å². The Morgan fingerprint density at radius 3 is 2.17 bits per heavy atom. The summed E-state index contributed by atoms with van der Waals surface area (Å²) in [5, 5.41) is 14.5. The highest BCUT2D eigenvalue weighted by molar-refractivity contribution is 5.84. The summed E-state index contributed by atoms with van der Waals surface area (Å²) < 4.78 is 10.8. The van der Waals surface area contributed by atoms with Crippen molar-refractivity contribution in [3.8, 4) is 11.1 Å². The minimum atomic E-state index is -1.09. The van der Waals surface area contributed by atoms with Crippen molar-refractivity contribution < 1.29 is 29.0 Å². The first-order chi connectivity index (χ1) is 16.8. The molecule has 3 N–H and O–H groups in total. The van der Waals surface area contributed by atoms with Crippen LogP contribution in [0.5, 0.6) is 0 Å². The van der Waals surface area contributed by atoms with Crippen molar-refractivity contribution in [2.75, 3.05) is 40.9 Å². The molecule has 0 radical (unpaired) electrons. The number of benzene rings is 2. The van der Waals surface area contributed by atoms with Gasteiger partial charge in [-0.2, -0.15) is 0 Å². The average molecular weight is 484 g/mol. The van der Waals surface area contributed by atoms with E-state index >= 15 is 0 Å². The number of nitrogens with one attached hydrogen (secondary N) is 2. The first-order valence-corrected chi connectivity index (χ1v) is 11.6. The van der Waals surface area contributed by atoms with Crippen LogP contribution in [0.1, 0.15) is 29.9 Å². The van der Waals surface area contributed by atoms with Crippen LogP contribution in [0.4, 0.5) is 4.79 Å². The van der Waals surface area contributed by atoms with Gasteiger partial charge >= 0.3 is 12.1 Å². The van der Waals surface area contributed by atoms with E-state index in [0.717, 1.165) is 22.3 Å². The number of nitrogens with zero attached hydrogens (tertiary/aromatic N) is 1. The number of carboxylic acid groups (broad SMARTS) is 1. The first kappa shape index (κ1) is 26.2. The molecule has 1 aliphatic carbocycles. The number of fused-ring (bicyclic) bond motifs is 3. The number of carbonyl (C=O) groups excluding carboxylic acids is 2. The van der Waals surface area contributed by atoms with Gasteiger partial charge in [0.15, 0.2) is 0 Å². The summed E-state index contributed by atoms with van der Waals surface area (Å²) in [6, 6.07) is 15.2. The third-order valence-corrected chi connectivity index (χ3v) is 6.06. The molecular formula is C26H33N3O6. The molecule has 0 aromatic heterocycles. The molecule has 1 aliphatic rings. The molecule has 2 aromatic carbocycles. The second-order valence-electron chi connectivity index (χ2n) is 8.82. The average Bonchev–Trinajstić information content (AvgIpc) is 3.16. The minimum absolute atomic E-state index is 0.0488. The smallest absolute Gasteiger partial charge is 0.407 e. The van der Waals surface area contributed by atoms with Gasteiger partial charge in [-0.05, 0) is 42.8 Å². The second-order valence-corrected chi connectivity index (χ2v) is 8.82. The van der Waals surface area contributed by atoms with Gasteiger partial charge in [-0.1, -0.05) is 48.5 Å². The molecule has 2 aromatic rings. The zero-order valence-electron chi connectivity index (χ0n) is 20.3. The molecule has 0 spiro atoms. The third-order valence-electron chi connectivity index (χ3n) is 6.06. The SMILES string of the molecule is COC(CNC(=O)OCC1c2ccccc2-c2ccccc21)CC(=O)NC(CCN(C)C)C(=O)O. The van der Waals surface area contributed by atoms with Crippen LogP contribution in [-0.4, -0.2) is 81.0 Å². The highest BCUT2D eigenvalue weighted by atomic mass is 16.5. The highest BCUT2D eigenvalue weighted by Crippen LogP contribution is 2.44. The predicted octanol–water partition coefficient (Wildman–Crippen LogP) is 2.45. The Morgan fingerprint density at radius 2 is 1.63 bits per heavy atom. The van der Waals surface area contributed by atoms with E-state index < -0.39 is 30.1 Å². The van der Waals surface area contributed by atoms with E-state index in [1.807, 2.05) is 55.4 Å². The van der Waals surface area contributed by atoms with E-state index in [1.54, 1.807) is 0 Å². The number of alkyl carbamates (subject to hydrolysis) is 1. The summed E-state index contributed by atoms with van der Waals surface area (Å²) in [5.41, 5.74) is 4.53. The van der Waals surface area contributed by atoms with Crippen molar-refractivity contribution in [2.24, 2.45) is 0 Å². The number of amides is 2. The van der Waals surface area contributed by atoms with E-state index in [1.165, 1.54) is 7.11 Å². The molecule has 9 nitrogen and oxygen atoms in total. The molecular weight excluding hydrogens is 450 g/mol. The quantitative estimate of drug-likeness (QED) is 0.425.